The third-order valence-corrected chi connectivity index (χ3v) is 3.78. The normalized spacial score (nSPS) is 14.2. The maximum Gasteiger partial charge on any atom is 0.0587 e. The van der Waals surface area contributed by atoms with Crippen LogP contribution in [-0.4, -0.2) is 40.5 Å². The molecule has 0 radical (unpaired) electrons. The van der Waals surface area contributed by atoms with Gasteiger partial charge in [-0.3, -0.25) is 0 Å². The van der Waals surface area contributed by atoms with Crippen molar-refractivity contribution in [3.8, 4) is 0 Å². The molecule has 2 unspecified atom stereocenters. The summed E-state index contributed by atoms with van der Waals surface area (Å²) in [4.78, 5) is 0. The van der Waals surface area contributed by atoms with Crippen molar-refractivity contribution < 1.29 is 9.47 Å². The molecule has 1 rings (SSSR count). The van der Waals surface area contributed by atoms with Gasteiger partial charge in [-0.05, 0) is 30.7 Å². The predicted octanol–water partition coefficient (Wildman–Crippen LogP) is 2.99. The summed E-state index contributed by atoms with van der Waals surface area (Å²) in [6.07, 6.45) is 1.08. The maximum absolute atomic E-state index is 5.22. The van der Waals surface area contributed by atoms with Gasteiger partial charge in [-0.2, -0.15) is 0 Å². The molecule has 0 aromatic heterocycles. The molecule has 3 nitrogen and oxygen atoms in total. The Morgan fingerprint density at radius 2 is 1.90 bits per heavy atom. The van der Waals surface area contributed by atoms with E-state index >= 15 is 0 Å². The number of ether oxygens (including phenoxy) is 2. The van der Waals surface area contributed by atoms with E-state index in [2.05, 4.69) is 43.4 Å². The Bertz CT molecular complexity index is 368. The highest BCUT2D eigenvalue weighted by atomic mass is 16.5. The van der Waals surface area contributed by atoms with Gasteiger partial charge in [0.25, 0.3) is 0 Å². The summed E-state index contributed by atoms with van der Waals surface area (Å²) in [6, 6.07) is 8.83. The van der Waals surface area contributed by atoms with Crippen molar-refractivity contribution in [2.45, 2.75) is 26.2 Å². The average molecular weight is 279 g/mol. The lowest BCUT2D eigenvalue weighted by molar-refractivity contribution is 0.172. The Kier molecular flexibility index (Phi) is 8.51. The minimum Gasteiger partial charge on any atom is -0.385 e. The van der Waals surface area contributed by atoms with Crippen LogP contribution in [0, 0.1) is 12.8 Å². The maximum atomic E-state index is 5.22. The Balaban J connectivity index is 2.67. The van der Waals surface area contributed by atoms with E-state index in [1.807, 2.05) is 0 Å². The van der Waals surface area contributed by atoms with E-state index < -0.39 is 0 Å². The molecule has 0 heterocycles. The van der Waals surface area contributed by atoms with Crippen molar-refractivity contribution in [3.63, 3.8) is 0 Å². The van der Waals surface area contributed by atoms with Crippen molar-refractivity contribution >= 4 is 0 Å². The van der Waals surface area contributed by atoms with E-state index in [0.29, 0.717) is 11.8 Å². The van der Waals surface area contributed by atoms with E-state index in [1.165, 1.54) is 11.1 Å². The molecule has 20 heavy (non-hydrogen) atoms. The first-order valence-electron chi connectivity index (χ1n) is 7.44. The van der Waals surface area contributed by atoms with E-state index in [1.54, 1.807) is 14.2 Å². The first-order chi connectivity index (χ1) is 9.69. The van der Waals surface area contributed by atoms with Gasteiger partial charge in [-0.25, -0.2) is 0 Å². The number of benzene rings is 1. The second-order valence-corrected chi connectivity index (χ2v) is 5.48. The Labute approximate surface area is 123 Å². The van der Waals surface area contributed by atoms with Crippen LogP contribution in [0.15, 0.2) is 24.3 Å². The Hall–Kier alpha value is -0.900. The quantitative estimate of drug-likeness (QED) is 0.668. The molecule has 0 amide bonds. The molecule has 0 fully saturated rings. The molecule has 1 aromatic rings. The molecule has 0 spiro atoms. The fourth-order valence-corrected chi connectivity index (χ4v) is 2.49. The minimum absolute atomic E-state index is 0.516. The van der Waals surface area contributed by atoms with Crippen LogP contribution in [0.1, 0.15) is 30.4 Å². The summed E-state index contributed by atoms with van der Waals surface area (Å²) in [5.74, 6) is 1.11. The van der Waals surface area contributed by atoms with Gasteiger partial charge in [-0.1, -0.05) is 36.8 Å². The number of rotatable bonds is 10. The SMILES string of the molecule is COCCNCC(c1cccc(C)c1)C(C)CCOC. The van der Waals surface area contributed by atoms with Crippen LogP contribution < -0.4 is 5.32 Å². The minimum atomic E-state index is 0.516. The largest absolute Gasteiger partial charge is 0.385 e. The van der Waals surface area contributed by atoms with Gasteiger partial charge in [-0.15, -0.1) is 0 Å². The number of aryl methyl sites for hydroxylation is 1. The van der Waals surface area contributed by atoms with Crippen LogP contribution in [0.25, 0.3) is 0 Å². The second kappa shape index (κ2) is 9.92. The lowest BCUT2D eigenvalue weighted by atomic mass is 9.84. The lowest BCUT2D eigenvalue weighted by Gasteiger charge is -2.25. The molecule has 0 saturated carbocycles. The zero-order chi connectivity index (χ0) is 14.8. The third-order valence-electron chi connectivity index (χ3n) is 3.78. The number of nitrogens with one attached hydrogen (secondary N) is 1. The van der Waals surface area contributed by atoms with Crippen molar-refractivity contribution in [3.05, 3.63) is 35.4 Å². The zero-order valence-corrected chi connectivity index (χ0v) is 13.3. The van der Waals surface area contributed by atoms with Crippen LogP contribution in [0.3, 0.4) is 0 Å². The second-order valence-electron chi connectivity index (χ2n) is 5.48. The van der Waals surface area contributed by atoms with E-state index in [-0.39, 0.29) is 0 Å². The van der Waals surface area contributed by atoms with Crippen molar-refractivity contribution in [1.29, 1.82) is 0 Å². The number of hydrogen-bond donors (Lipinski definition) is 1. The first kappa shape index (κ1) is 17.2. The van der Waals surface area contributed by atoms with Crippen LogP contribution >= 0.6 is 0 Å². The van der Waals surface area contributed by atoms with E-state index in [4.69, 9.17) is 9.47 Å². The smallest absolute Gasteiger partial charge is 0.0587 e. The highest BCUT2D eigenvalue weighted by Gasteiger charge is 2.19. The van der Waals surface area contributed by atoms with Gasteiger partial charge < -0.3 is 14.8 Å². The molecule has 0 aliphatic rings. The summed E-state index contributed by atoms with van der Waals surface area (Å²) < 4.78 is 10.3. The number of methoxy groups -OCH3 is 2. The topological polar surface area (TPSA) is 30.5 Å². The fraction of sp³-hybridized carbons (Fsp3) is 0.647. The standard InChI is InChI=1S/C17H29NO2/c1-14-6-5-7-16(12-14)17(13-18-9-11-20-4)15(2)8-10-19-3/h5-7,12,15,17-18H,8-11,13H2,1-4H3. The Morgan fingerprint density at radius 1 is 1.15 bits per heavy atom. The summed E-state index contributed by atoms with van der Waals surface area (Å²) in [6.45, 7) is 7.92. The molecule has 2 atom stereocenters. The monoisotopic (exact) mass is 279 g/mol. The van der Waals surface area contributed by atoms with Gasteiger partial charge >= 0.3 is 0 Å². The molecule has 0 aliphatic carbocycles. The van der Waals surface area contributed by atoms with Gasteiger partial charge in [0.1, 0.15) is 0 Å². The number of hydrogen-bond acceptors (Lipinski definition) is 3. The summed E-state index contributed by atoms with van der Waals surface area (Å²) in [7, 11) is 3.51. The van der Waals surface area contributed by atoms with Gasteiger partial charge in [0, 0.05) is 33.9 Å². The van der Waals surface area contributed by atoms with Gasteiger partial charge in [0.2, 0.25) is 0 Å². The zero-order valence-electron chi connectivity index (χ0n) is 13.3. The molecule has 1 N–H and O–H groups in total. The van der Waals surface area contributed by atoms with E-state index in [9.17, 15) is 0 Å². The van der Waals surface area contributed by atoms with Crippen LogP contribution in [-0.2, 0) is 9.47 Å². The molecule has 0 bridgehead atoms. The molecule has 0 aliphatic heterocycles. The van der Waals surface area contributed by atoms with Crippen molar-refractivity contribution in [2.24, 2.45) is 5.92 Å². The van der Waals surface area contributed by atoms with Crippen LogP contribution in [0.5, 0.6) is 0 Å². The highest BCUT2D eigenvalue weighted by molar-refractivity contribution is 5.26. The lowest BCUT2D eigenvalue weighted by Crippen LogP contribution is -2.28. The van der Waals surface area contributed by atoms with Crippen LogP contribution in [0.4, 0.5) is 0 Å². The molecule has 114 valence electrons. The summed E-state index contributed by atoms with van der Waals surface area (Å²) >= 11 is 0. The van der Waals surface area contributed by atoms with E-state index in [0.717, 1.165) is 32.7 Å². The molecule has 1 aromatic carbocycles. The molecular weight excluding hydrogens is 250 g/mol. The summed E-state index contributed by atoms with van der Waals surface area (Å²) in [5, 5.41) is 3.50. The molecule has 0 saturated heterocycles. The Morgan fingerprint density at radius 3 is 2.55 bits per heavy atom. The van der Waals surface area contributed by atoms with Crippen molar-refractivity contribution in [1.82, 2.24) is 5.32 Å². The molecule has 3 heteroatoms. The predicted molar refractivity (Wildman–Crippen MR) is 84.3 cm³/mol. The first-order valence-corrected chi connectivity index (χ1v) is 7.44. The van der Waals surface area contributed by atoms with Gasteiger partial charge in [0.15, 0.2) is 0 Å². The molecular formula is C17H29NO2. The highest BCUT2D eigenvalue weighted by Crippen LogP contribution is 2.27. The van der Waals surface area contributed by atoms with Crippen molar-refractivity contribution in [2.75, 3.05) is 40.5 Å². The third kappa shape index (κ3) is 6.04. The van der Waals surface area contributed by atoms with Gasteiger partial charge in [0.05, 0.1) is 6.61 Å². The fourth-order valence-electron chi connectivity index (χ4n) is 2.49. The summed E-state index contributed by atoms with van der Waals surface area (Å²) in [5.41, 5.74) is 2.74. The van der Waals surface area contributed by atoms with Crippen LogP contribution in [0.2, 0.25) is 0 Å². The average Bonchev–Trinajstić information content (AvgIpc) is 2.45.